The van der Waals surface area contributed by atoms with E-state index < -0.39 is 0 Å². The summed E-state index contributed by atoms with van der Waals surface area (Å²) in [6, 6.07) is 15.1. The van der Waals surface area contributed by atoms with Gasteiger partial charge in [0.25, 0.3) is 5.91 Å². The van der Waals surface area contributed by atoms with E-state index in [0.717, 1.165) is 54.2 Å². The first-order valence-electron chi connectivity index (χ1n) is 11.5. The number of ether oxygens (including phenoxy) is 1. The number of amides is 1. The molecule has 0 aliphatic carbocycles. The molecule has 4 aromatic rings. The molecule has 1 atom stereocenters. The van der Waals surface area contributed by atoms with Gasteiger partial charge in [0.05, 0.1) is 24.7 Å². The fourth-order valence-electron chi connectivity index (χ4n) is 4.35. The van der Waals surface area contributed by atoms with Gasteiger partial charge in [-0.05, 0) is 49.2 Å². The number of nitrogens with two attached hydrogens (primary N) is 1. The zero-order chi connectivity index (χ0) is 23.5. The highest BCUT2D eigenvalue weighted by molar-refractivity contribution is 5.94. The second kappa shape index (κ2) is 9.52. The summed E-state index contributed by atoms with van der Waals surface area (Å²) in [5, 5.41) is 6.40. The summed E-state index contributed by atoms with van der Waals surface area (Å²) in [6.07, 6.45) is 6.07. The molecule has 1 amide bonds. The second-order valence-corrected chi connectivity index (χ2v) is 8.54. The van der Waals surface area contributed by atoms with Gasteiger partial charge in [0.1, 0.15) is 5.75 Å². The van der Waals surface area contributed by atoms with Crippen molar-refractivity contribution in [3.05, 3.63) is 77.7 Å². The van der Waals surface area contributed by atoms with Crippen LogP contribution in [0.2, 0.25) is 0 Å². The molecule has 2 aromatic heterocycles. The molecule has 5 rings (SSSR count). The molecule has 2 aromatic carbocycles. The maximum atomic E-state index is 12.6. The van der Waals surface area contributed by atoms with Gasteiger partial charge < -0.3 is 21.1 Å². The number of aromatic nitrogens is 3. The highest BCUT2D eigenvalue weighted by atomic mass is 16.5. The van der Waals surface area contributed by atoms with E-state index in [1.54, 1.807) is 13.3 Å². The largest absolute Gasteiger partial charge is 0.497 e. The summed E-state index contributed by atoms with van der Waals surface area (Å²) >= 11 is 0. The van der Waals surface area contributed by atoms with Gasteiger partial charge in [-0.15, -0.1) is 0 Å². The number of rotatable bonds is 6. The van der Waals surface area contributed by atoms with Gasteiger partial charge in [-0.3, -0.25) is 9.20 Å². The predicted molar refractivity (Wildman–Crippen MR) is 132 cm³/mol. The number of carbonyl (C=O) groups excluding carboxylic acids is 1. The normalized spacial score (nSPS) is 15.9. The summed E-state index contributed by atoms with van der Waals surface area (Å²) in [6.45, 7) is 2.42. The summed E-state index contributed by atoms with van der Waals surface area (Å²) in [5.41, 5.74) is 11.3. The van der Waals surface area contributed by atoms with Crippen LogP contribution in [0.15, 0.2) is 60.9 Å². The third-order valence-corrected chi connectivity index (χ3v) is 6.31. The molecule has 0 bridgehead atoms. The Kier molecular flexibility index (Phi) is 6.14. The molecular formula is C26H28N6O2. The Labute approximate surface area is 198 Å². The minimum atomic E-state index is -0.127. The Balaban J connectivity index is 1.34. The Morgan fingerprint density at radius 1 is 1.21 bits per heavy atom. The predicted octanol–water partition coefficient (Wildman–Crippen LogP) is 3.38. The molecule has 1 unspecified atom stereocenters. The monoisotopic (exact) mass is 456 g/mol. The Hall–Kier alpha value is -3.91. The number of nitrogen functional groups attached to an aromatic ring is 1. The number of piperidine rings is 1. The average Bonchev–Trinajstić information content (AvgIpc) is 3.35. The van der Waals surface area contributed by atoms with Gasteiger partial charge in [-0.1, -0.05) is 24.3 Å². The van der Waals surface area contributed by atoms with Crippen LogP contribution in [0.3, 0.4) is 0 Å². The van der Waals surface area contributed by atoms with Crippen LogP contribution in [0.5, 0.6) is 5.75 Å². The number of methoxy groups -OCH3 is 1. The van der Waals surface area contributed by atoms with Crippen molar-refractivity contribution in [1.82, 2.24) is 25.0 Å². The SMILES string of the molecule is COc1ccc(CNC(=O)c2ccc(-c3cnc(N)c4nc(C5CCCNC5)cn34)cc2)cc1. The number of hydrogen-bond donors (Lipinski definition) is 3. The van der Waals surface area contributed by atoms with Gasteiger partial charge in [0.15, 0.2) is 11.5 Å². The van der Waals surface area contributed by atoms with Crippen LogP contribution < -0.4 is 21.1 Å². The molecule has 0 spiro atoms. The molecule has 1 aliphatic heterocycles. The summed E-state index contributed by atoms with van der Waals surface area (Å²) in [4.78, 5) is 21.8. The first-order chi connectivity index (χ1) is 16.6. The van der Waals surface area contributed by atoms with Gasteiger partial charge in [0, 0.05) is 36.3 Å². The minimum Gasteiger partial charge on any atom is -0.497 e. The molecule has 174 valence electrons. The van der Waals surface area contributed by atoms with E-state index >= 15 is 0 Å². The topological polar surface area (TPSA) is 107 Å². The minimum absolute atomic E-state index is 0.127. The van der Waals surface area contributed by atoms with Crippen molar-refractivity contribution in [1.29, 1.82) is 0 Å². The van der Waals surface area contributed by atoms with E-state index in [-0.39, 0.29) is 5.91 Å². The van der Waals surface area contributed by atoms with Crippen LogP contribution in [0.4, 0.5) is 5.82 Å². The number of benzene rings is 2. The van der Waals surface area contributed by atoms with Gasteiger partial charge in [0.2, 0.25) is 0 Å². The molecule has 1 aliphatic rings. The van der Waals surface area contributed by atoms with Crippen LogP contribution >= 0.6 is 0 Å². The fourth-order valence-corrected chi connectivity index (χ4v) is 4.35. The number of imidazole rings is 1. The van der Waals surface area contributed by atoms with Crippen molar-refractivity contribution in [3.8, 4) is 17.0 Å². The van der Waals surface area contributed by atoms with Crippen LogP contribution in [-0.4, -0.2) is 40.5 Å². The maximum Gasteiger partial charge on any atom is 0.251 e. The van der Waals surface area contributed by atoms with Crippen molar-refractivity contribution in [3.63, 3.8) is 0 Å². The van der Waals surface area contributed by atoms with Gasteiger partial charge in [-0.25, -0.2) is 9.97 Å². The van der Waals surface area contributed by atoms with Crippen molar-refractivity contribution in [2.75, 3.05) is 25.9 Å². The van der Waals surface area contributed by atoms with Crippen LogP contribution in [0, 0.1) is 0 Å². The number of nitrogens with zero attached hydrogens (tertiary/aromatic N) is 3. The van der Waals surface area contributed by atoms with Crippen LogP contribution in [0.25, 0.3) is 16.9 Å². The Bertz CT molecular complexity index is 1290. The first kappa shape index (κ1) is 21.9. The molecule has 8 nitrogen and oxygen atoms in total. The van der Waals surface area contributed by atoms with Crippen molar-refractivity contribution in [2.24, 2.45) is 0 Å². The fraction of sp³-hybridized carbons (Fsp3) is 0.269. The van der Waals surface area contributed by atoms with Crippen LogP contribution in [0.1, 0.15) is 40.4 Å². The number of anilines is 1. The lowest BCUT2D eigenvalue weighted by atomic mass is 9.97. The maximum absolute atomic E-state index is 12.6. The van der Waals surface area contributed by atoms with Crippen LogP contribution in [-0.2, 0) is 6.54 Å². The molecule has 4 N–H and O–H groups in total. The van der Waals surface area contributed by atoms with E-state index in [1.807, 2.05) is 52.9 Å². The molecule has 8 heteroatoms. The molecular weight excluding hydrogens is 428 g/mol. The third kappa shape index (κ3) is 4.45. The smallest absolute Gasteiger partial charge is 0.251 e. The van der Waals surface area contributed by atoms with Crippen molar-refractivity contribution in [2.45, 2.75) is 25.3 Å². The highest BCUT2D eigenvalue weighted by Gasteiger charge is 2.20. The number of hydrogen-bond acceptors (Lipinski definition) is 6. The number of nitrogens with one attached hydrogen (secondary N) is 2. The lowest BCUT2D eigenvalue weighted by Gasteiger charge is -2.20. The van der Waals surface area contributed by atoms with E-state index in [2.05, 4.69) is 21.8 Å². The summed E-state index contributed by atoms with van der Waals surface area (Å²) in [5.74, 6) is 1.45. The number of carbonyl (C=O) groups is 1. The van der Waals surface area contributed by atoms with Gasteiger partial charge >= 0.3 is 0 Å². The molecule has 0 radical (unpaired) electrons. The summed E-state index contributed by atoms with van der Waals surface area (Å²) in [7, 11) is 1.63. The highest BCUT2D eigenvalue weighted by Crippen LogP contribution is 2.28. The lowest BCUT2D eigenvalue weighted by Crippen LogP contribution is -2.28. The van der Waals surface area contributed by atoms with E-state index in [0.29, 0.717) is 29.5 Å². The van der Waals surface area contributed by atoms with Crippen molar-refractivity contribution < 1.29 is 9.53 Å². The average molecular weight is 457 g/mol. The Morgan fingerprint density at radius 3 is 2.71 bits per heavy atom. The molecule has 3 heterocycles. The molecule has 34 heavy (non-hydrogen) atoms. The molecule has 1 fully saturated rings. The lowest BCUT2D eigenvalue weighted by molar-refractivity contribution is 0.0951. The summed E-state index contributed by atoms with van der Waals surface area (Å²) < 4.78 is 7.17. The molecule has 1 saturated heterocycles. The van der Waals surface area contributed by atoms with E-state index in [9.17, 15) is 4.79 Å². The quantitative estimate of drug-likeness (QED) is 0.411. The number of fused-ring (bicyclic) bond motifs is 1. The first-order valence-corrected chi connectivity index (χ1v) is 11.5. The zero-order valence-corrected chi connectivity index (χ0v) is 19.1. The zero-order valence-electron chi connectivity index (χ0n) is 19.1. The Morgan fingerprint density at radius 2 is 2.00 bits per heavy atom. The standard InChI is InChI=1S/C26H28N6O2/c1-34-21-10-4-17(5-11-21)13-30-26(33)19-8-6-18(7-9-19)23-15-29-24(27)25-31-22(16-32(23)25)20-3-2-12-28-14-20/h4-11,15-16,20,28H,2-3,12-14H2,1H3,(H2,27,29)(H,30,33). The van der Waals surface area contributed by atoms with Crippen molar-refractivity contribution >= 4 is 17.4 Å². The molecule has 0 saturated carbocycles. The van der Waals surface area contributed by atoms with E-state index in [4.69, 9.17) is 15.5 Å². The second-order valence-electron chi connectivity index (χ2n) is 8.54. The van der Waals surface area contributed by atoms with E-state index in [1.165, 1.54) is 0 Å². The third-order valence-electron chi connectivity index (χ3n) is 6.31. The van der Waals surface area contributed by atoms with Gasteiger partial charge in [-0.2, -0.15) is 0 Å².